The van der Waals surface area contributed by atoms with E-state index in [0.717, 1.165) is 23.9 Å². The maximum Gasteiger partial charge on any atom is 0.213 e. The van der Waals surface area contributed by atoms with Gasteiger partial charge in [-0.15, -0.1) is 0 Å². The molecular formula is C13H24N4O2S2. The number of hydrogen-bond donors (Lipinski definition) is 0. The quantitative estimate of drug-likeness (QED) is 0.818. The second-order valence-electron chi connectivity index (χ2n) is 5.78. The standard InChI is InChI=1S/C13H24N4O2S2/c1-5-21(18,19)17-7-6-16(11(4)8-17)9-12-14-13(10(2)3)15-20-12/h10-11H,5-9H2,1-4H3/t11-/m1/s1. The van der Waals surface area contributed by atoms with Crippen LogP contribution >= 0.6 is 11.5 Å². The molecule has 0 bridgehead atoms. The van der Waals surface area contributed by atoms with Crippen LogP contribution in [0.3, 0.4) is 0 Å². The van der Waals surface area contributed by atoms with Gasteiger partial charge in [0.2, 0.25) is 10.0 Å². The van der Waals surface area contributed by atoms with E-state index < -0.39 is 10.0 Å². The zero-order chi connectivity index (χ0) is 15.6. The van der Waals surface area contributed by atoms with Crippen molar-refractivity contribution in [2.45, 2.75) is 46.2 Å². The van der Waals surface area contributed by atoms with Crippen LogP contribution in [0.2, 0.25) is 0 Å². The molecule has 1 aromatic rings. The number of nitrogens with zero attached hydrogens (tertiary/aromatic N) is 4. The van der Waals surface area contributed by atoms with Gasteiger partial charge in [0, 0.05) is 31.6 Å². The van der Waals surface area contributed by atoms with E-state index in [4.69, 9.17) is 0 Å². The number of rotatable bonds is 5. The molecule has 120 valence electrons. The summed E-state index contributed by atoms with van der Waals surface area (Å²) < 4.78 is 29.8. The van der Waals surface area contributed by atoms with Crippen molar-refractivity contribution >= 4 is 21.6 Å². The highest BCUT2D eigenvalue weighted by atomic mass is 32.2. The van der Waals surface area contributed by atoms with Crippen LogP contribution in [0.15, 0.2) is 0 Å². The van der Waals surface area contributed by atoms with Gasteiger partial charge in [0.15, 0.2) is 0 Å². The summed E-state index contributed by atoms with van der Waals surface area (Å²) in [5, 5.41) is 1.01. The third-order valence-corrected chi connectivity index (χ3v) is 6.38. The lowest BCUT2D eigenvalue weighted by molar-refractivity contribution is 0.122. The Morgan fingerprint density at radius 2 is 2.10 bits per heavy atom. The average molecular weight is 332 g/mol. The molecule has 8 heteroatoms. The molecule has 1 fully saturated rings. The molecule has 0 aromatic carbocycles. The fourth-order valence-electron chi connectivity index (χ4n) is 2.37. The molecule has 1 aliphatic heterocycles. The molecule has 1 aromatic heterocycles. The summed E-state index contributed by atoms with van der Waals surface area (Å²) in [5.74, 6) is 1.42. The zero-order valence-electron chi connectivity index (χ0n) is 13.1. The first-order valence-electron chi connectivity index (χ1n) is 7.37. The first kappa shape index (κ1) is 16.8. The second kappa shape index (κ2) is 6.68. The molecule has 0 radical (unpaired) electrons. The molecule has 6 nitrogen and oxygen atoms in total. The van der Waals surface area contributed by atoms with Crippen LogP contribution in [-0.4, -0.2) is 58.4 Å². The van der Waals surface area contributed by atoms with Crippen molar-refractivity contribution < 1.29 is 8.42 Å². The molecule has 0 aliphatic carbocycles. The van der Waals surface area contributed by atoms with Crippen molar-refractivity contribution in [2.75, 3.05) is 25.4 Å². The maximum atomic E-state index is 11.9. The zero-order valence-corrected chi connectivity index (χ0v) is 14.7. The van der Waals surface area contributed by atoms with Crippen molar-refractivity contribution in [3.05, 3.63) is 10.8 Å². The number of sulfonamides is 1. The van der Waals surface area contributed by atoms with E-state index in [9.17, 15) is 8.42 Å². The summed E-state index contributed by atoms with van der Waals surface area (Å²) in [6.07, 6.45) is 0. The molecule has 0 spiro atoms. The van der Waals surface area contributed by atoms with Crippen LogP contribution in [0.4, 0.5) is 0 Å². The Morgan fingerprint density at radius 3 is 2.62 bits per heavy atom. The minimum Gasteiger partial charge on any atom is -0.291 e. The van der Waals surface area contributed by atoms with Crippen molar-refractivity contribution in [2.24, 2.45) is 0 Å². The molecule has 1 aliphatic rings. The van der Waals surface area contributed by atoms with E-state index in [0.29, 0.717) is 19.0 Å². The molecule has 1 atom stereocenters. The number of aromatic nitrogens is 2. The summed E-state index contributed by atoms with van der Waals surface area (Å²) in [4.78, 5) is 6.84. The second-order valence-corrected chi connectivity index (χ2v) is 8.87. The Labute approximate surface area is 131 Å². The predicted molar refractivity (Wildman–Crippen MR) is 84.9 cm³/mol. The van der Waals surface area contributed by atoms with Gasteiger partial charge in [0.25, 0.3) is 0 Å². The van der Waals surface area contributed by atoms with Crippen molar-refractivity contribution in [1.29, 1.82) is 0 Å². The summed E-state index contributed by atoms with van der Waals surface area (Å²) in [6.45, 7) is 10.6. The third-order valence-electron chi connectivity index (χ3n) is 3.82. The minimum atomic E-state index is -3.08. The first-order chi connectivity index (χ1) is 9.83. The maximum absolute atomic E-state index is 11.9. The van der Waals surface area contributed by atoms with Gasteiger partial charge in [-0.1, -0.05) is 13.8 Å². The van der Waals surface area contributed by atoms with Crippen LogP contribution in [0.1, 0.15) is 44.4 Å². The Balaban J connectivity index is 1.97. The Kier molecular flexibility index (Phi) is 5.34. The summed E-state index contributed by atoms with van der Waals surface area (Å²) >= 11 is 1.45. The predicted octanol–water partition coefficient (Wildman–Crippen LogP) is 1.52. The topological polar surface area (TPSA) is 66.4 Å². The van der Waals surface area contributed by atoms with E-state index in [1.54, 1.807) is 11.2 Å². The van der Waals surface area contributed by atoms with Crippen LogP contribution in [0, 0.1) is 0 Å². The van der Waals surface area contributed by atoms with Gasteiger partial charge in [0.1, 0.15) is 10.8 Å². The van der Waals surface area contributed by atoms with E-state index in [-0.39, 0.29) is 11.8 Å². The highest BCUT2D eigenvalue weighted by Gasteiger charge is 2.30. The average Bonchev–Trinajstić information content (AvgIpc) is 2.89. The van der Waals surface area contributed by atoms with Crippen molar-refractivity contribution in [3.63, 3.8) is 0 Å². The highest BCUT2D eigenvalue weighted by molar-refractivity contribution is 7.89. The SMILES string of the molecule is CCS(=O)(=O)N1CCN(Cc2nc(C(C)C)ns2)[C@H](C)C1. The van der Waals surface area contributed by atoms with Gasteiger partial charge in [-0.25, -0.2) is 13.4 Å². The molecule has 0 saturated carbocycles. The lowest BCUT2D eigenvalue weighted by Gasteiger charge is -2.38. The third kappa shape index (κ3) is 4.00. The van der Waals surface area contributed by atoms with E-state index in [1.165, 1.54) is 11.5 Å². The number of hydrogen-bond acceptors (Lipinski definition) is 6. The van der Waals surface area contributed by atoms with Gasteiger partial charge >= 0.3 is 0 Å². The molecule has 21 heavy (non-hydrogen) atoms. The van der Waals surface area contributed by atoms with Gasteiger partial charge in [-0.3, -0.25) is 4.90 Å². The summed E-state index contributed by atoms with van der Waals surface area (Å²) in [6, 6.07) is 0.200. The van der Waals surface area contributed by atoms with Crippen LogP contribution in [0.5, 0.6) is 0 Å². The lowest BCUT2D eigenvalue weighted by atomic mass is 10.2. The normalized spacial score (nSPS) is 22.0. The van der Waals surface area contributed by atoms with Crippen LogP contribution in [0.25, 0.3) is 0 Å². The van der Waals surface area contributed by atoms with E-state index >= 15 is 0 Å². The van der Waals surface area contributed by atoms with Gasteiger partial charge in [-0.05, 0) is 25.4 Å². The molecule has 0 N–H and O–H groups in total. The van der Waals surface area contributed by atoms with E-state index in [2.05, 4.69) is 35.0 Å². The molecule has 0 unspecified atom stereocenters. The minimum absolute atomic E-state index is 0.174. The van der Waals surface area contributed by atoms with E-state index in [1.807, 2.05) is 0 Å². The molecule has 0 amide bonds. The smallest absolute Gasteiger partial charge is 0.213 e. The van der Waals surface area contributed by atoms with Gasteiger partial charge in [0.05, 0.1) is 12.3 Å². The Hall–Kier alpha value is -0.570. The fraction of sp³-hybridized carbons (Fsp3) is 0.846. The lowest BCUT2D eigenvalue weighted by Crippen LogP contribution is -2.53. The summed E-state index contributed by atoms with van der Waals surface area (Å²) in [5.41, 5.74) is 0. The van der Waals surface area contributed by atoms with Crippen LogP contribution < -0.4 is 0 Å². The first-order valence-corrected chi connectivity index (χ1v) is 9.76. The van der Waals surface area contributed by atoms with Crippen molar-refractivity contribution in [3.8, 4) is 0 Å². The summed E-state index contributed by atoms with van der Waals surface area (Å²) in [7, 11) is -3.08. The molecule has 1 saturated heterocycles. The largest absolute Gasteiger partial charge is 0.291 e. The highest BCUT2D eigenvalue weighted by Crippen LogP contribution is 2.19. The Bertz CT molecular complexity index is 570. The van der Waals surface area contributed by atoms with Gasteiger partial charge in [-0.2, -0.15) is 8.68 Å². The van der Waals surface area contributed by atoms with Crippen molar-refractivity contribution in [1.82, 2.24) is 18.6 Å². The molecular weight excluding hydrogens is 308 g/mol. The van der Waals surface area contributed by atoms with Crippen LogP contribution in [-0.2, 0) is 16.6 Å². The fourth-order valence-corrected chi connectivity index (χ4v) is 4.35. The molecule has 2 heterocycles. The van der Waals surface area contributed by atoms with Gasteiger partial charge < -0.3 is 0 Å². The molecule has 2 rings (SSSR count). The monoisotopic (exact) mass is 332 g/mol. The number of piperazine rings is 1. The Morgan fingerprint density at radius 1 is 1.38 bits per heavy atom.